The van der Waals surface area contributed by atoms with Gasteiger partial charge in [0.1, 0.15) is 5.82 Å². The van der Waals surface area contributed by atoms with Crippen LogP contribution >= 0.6 is 0 Å². The minimum absolute atomic E-state index is 0.0747. The number of benzene rings is 2. The van der Waals surface area contributed by atoms with E-state index in [0.29, 0.717) is 0 Å². The number of sulfonamides is 1. The number of hydrogen-bond acceptors (Lipinski definition) is 4. The van der Waals surface area contributed by atoms with Crippen molar-refractivity contribution in [3.63, 3.8) is 0 Å². The van der Waals surface area contributed by atoms with Gasteiger partial charge in [0.05, 0.1) is 11.9 Å². The molecule has 2 unspecified atom stereocenters. The maximum Gasteiger partial charge on any atom is 0.416 e. The summed E-state index contributed by atoms with van der Waals surface area (Å²) < 4.78 is 81.6. The molecule has 0 aliphatic carbocycles. The lowest BCUT2D eigenvalue weighted by atomic mass is 9.89. The fraction of sp³-hybridized carbons (Fsp3) is 0.318. The summed E-state index contributed by atoms with van der Waals surface area (Å²) >= 11 is 0. The molecule has 0 saturated carbocycles. The molecule has 1 fully saturated rings. The van der Waals surface area contributed by atoms with Gasteiger partial charge >= 0.3 is 6.18 Å². The lowest BCUT2D eigenvalue weighted by Crippen LogP contribution is -2.30. The molecule has 1 aromatic heterocycles. The van der Waals surface area contributed by atoms with Gasteiger partial charge in [0.2, 0.25) is 0 Å². The summed E-state index contributed by atoms with van der Waals surface area (Å²) in [6, 6.07) is 10.7. The van der Waals surface area contributed by atoms with Gasteiger partial charge in [-0.15, -0.1) is 0 Å². The van der Waals surface area contributed by atoms with Crippen LogP contribution in [-0.4, -0.2) is 41.9 Å². The van der Waals surface area contributed by atoms with Crippen molar-refractivity contribution in [2.75, 3.05) is 25.0 Å². The Bertz CT molecular complexity index is 1230. The third-order valence-corrected chi connectivity index (χ3v) is 7.47. The smallest absolute Gasteiger partial charge is 0.385 e. The predicted octanol–water partition coefficient (Wildman–Crippen LogP) is 4.09. The zero-order valence-electron chi connectivity index (χ0n) is 17.6. The largest absolute Gasteiger partial charge is 0.416 e. The average molecular weight is 483 g/mol. The Morgan fingerprint density at radius 3 is 2.48 bits per heavy atom. The Kier molecular flexibility index (Phi) is 6.19. The molecule has 0 amide bonds. The molecule has 6 nitrogen and oxygen atoms in total. The number of aromatic nitrogens is 2. The molecule has 176 valence electrons. The summed E-state index contributed by atoms with van der Waals surface area (Å²) in [7, 11) is -2.19. The lowest BCUT2D eigenvalue weighted by Gasteiger charge is -2.20. The molecule has 1 aliphatic rings. The van der Waals surface area contributed by atoms with Crippen LogP contribution in [0.4, 0.5) is 23.2 Å². The Balaban J connectivity index is 1.58. The van der Waals surface area contributed by atoms with Gasteiger partial charge in [-0.25, -0.2) is 17.8 Å². The van der Waals surface area contributed by atoms with Crippen molar-refractivity contribution in [1.29, 1.82) is 0 Å². The number of rotatable bonds is 6. The zero-order chi connectivity index (χ0) is 23.8. The molecular formula is C22H22F4N4O2S. The van der Waals surface area contributed by atoms with E-state index >= 15 is 0 Å². The van der Waals surface area contributed by atoms with Gasteiger partial charge in [-0.1, -0.05) is 18.2 Å². The number of nitrogens with one attached hydrogen (secondary N) is 1. The number of alkyl halides is 3. The molecule has 0 spiro atoms. The molecule has 0 bridgehead atoms. The summed E-state index contributed by atoms with van der Waals surface area (Å²) in [5, 5.41) is 2.94. The van der Waals surface area contributed by atoms with Crippen LogP contribution in [-0.2, 0) is 23.2 Å². The van der Waals surface area contributed by atoms with E-state index in [4.69, 9.17) is 0 Å². The van der Waals surface area contributed by atoms with Gasteiger partial charge in [0.25, 0.3) is 10.0 Å². The van der Waals surface area contributed by atoms with Crippen molar-refractivity contribution in [3.8, 4) is 0 Å². The maximum absolute atomic E-state index is 13.4. The molecular weight excluding hydrogens is 460 g/mol. The SMILES string of the molecule is Cn1cnc(S(=O)(=O)N2CC(CNc3cccc(C(F)(F)F)c3)C(c3ccc(F)cc3)C2)c1. The van der Waals surface area contributed by atoms with Gasteiger partial charge in [-0.05, 0) is 41.8 Å². The molecule has 3 aromatic rings. The fourth-order valence-electron chi connectivity index (χ4n) is 4.03. The highest BCUT2D eigenvalue weighted by Crippen LogP contribution is 2.36. The van der Waals surface area contributed by atoms with E-state index in [1.54, 1.807) is 19.2 Å². The number of aryl methyl sites for hydroxylation is 1. The number of halogens is 4. The standard InChI is InChI=1S/C22H22F4N4O2S/c1-29-13-21(28-14-29)33(31,32)30-11-16(20(12-30)15-5-7-18(23)8-6-15)10-27-19-4-2-3-17(9-19)22(24,25)26/h2-9,13-14,16,20,27H,10-12H2,1H3. The first kappa shape index (κ1) is 23.2. The molecule has 1 N–H and O–H groups in total. The van der Waals surface area contributed by atoms with E-state index in [-0.39, 0.29) is 42.2 Å². The monoisotopic (exact) mass is 482 g/mol. The number of hydrogen-bond donors (Lipinski definition) is 1. The zero-order valence-corrected chi connectivity index (χ0v) is 18.4. The normalized spacial score (nSPS) is 19.7. The number of imidazole rings is 1. The average Bonchev–Trinajstić information content (AvgIpc) is 3.40. The Hall–Kier alpha value is -2.92. The lowest BCUT2D eigenvalue weighted by molar-refractivity contribution is -0.137. The highest BCUT2D eigenvalue weighted by molar-refractivity contribution is 7.89. The molecule has 1 saturated heterocycles. The van der Waals surface area contributed by atoms with Crippen LogP contribution in [0.15, 0.2) is 66.1 Å². The number of anilines is 1. The van der Waals surface area contributed by atoms with Gasteiger partial charge in [-0.2, -0.15) is 17.5 Å². The molecule has 2 heterocycles. The van der Waals surface area contributed by atoms with E-state index in [1.807, 2.05) is 0 Å². The van der Waals surface area contributed by atoms with Crippen molar-refractivity contribution in [2.45, 2.75) is 17.1 Å². The topological polar surface area (TPSA) is 67.2 Å². The van der Waals surface area contributed by atoms with Crippen molar-refractivity contribution in [1.82, 2.24) is 13.9 Å². The first-order chi connectivity index (χ1) is 15.5. The van der Waals surface area contributed by atoms with E-state index in [1.165, 1.54) is 45.7 Å². The first-order valence-corrected chi connectivity index (χ1v) is 11.6. The second-order valence-corrected chi connectivity index (χ2v) is 9.96. The second-order valence-electron chi connectivity index (χ2n) is 8.08. The summed E-state index contributed by atoms with van der Waals surface area (Å²) in [5.74, 6) is -0.945. The van der Waals surface area contributed by atoms with Crippen LogP contribution in [0, 0.1) is 11.7 Å². The molecule has 4 rings (SSSR count). The van der Waals surface area contributed by atoms with Crippen LogP contribution < -0.4 is 5.32 Å². The van der Waals surface area contributed by atoms with Crippen LogP contribution in [0.1, 0.15) is 17.0 Å². The van der Waals surface area contributed by atoms with Crippen LogP contribution in [0.5, 0.6) is 0 Å². The van der Waals surface area contributed by atoms with Crippen LogP contribution in [0.2, 0.25) is 0 Å². The summed E-state index contributed by atoms with van der Waals surface area (Å²) in [5.41, 5.74) is 0.271. The van der Waals surface area contributed by atoms with E-state index in [0.717, 1.165) is 17.7 Å². The summed E-state index contributed by atoms with van der Waals surface area (Å²) in [6.45, 7) is 0.532. The second kappa shape index (κ2) is 8.79. The Morgan fingerprint density at radius 1 is 1.12 bits per heavy atom. The Labute approximate surface area is 188 Å². The molecule has 1 aliphatic heterocycles. The van der Waals surface area contributed by atoms with E-state index < -0.39 is 27.6 Å². The fourth-order valence-corrected chi connectivity index (χ4v) is 5.52. The highest BCUT2D eigenvalue weighted by Gasteiger charge is 2.41. The predicted molar refractivity (Wildman–Crippen MR) is 115 cm³/mol. The quantitative estimate of drug-likeness (QED) is 0.538. The van der Waals surface area contributed by atoms with E-state index in [2.05, 4.69) is 10.3 Å². The van der Waals surface area contributed by atoms with Crippen molar-refractivity contribution in [2.24, 2.45) is 13.0 Å². The highest BCUT2D eigenvalue weighted by atomic mass is 32.2. The molecule has 11 heteroatoms. The van der Waals surface area contributed by atoms with Crippen LogP contribution in [0.3, 0.4) is 0 Å². The Morgan fingerprint density at radius 2 is 1.85 bits per heavy atom. The number of nitrogens with zero attached hydrogens (tertiary/aromatic N) is 3. The maximum atomic E-state index is 13.4. The molecule has 2 aromatic carbocycles. The summed E-state index contributed by atoms with van der Waals surface area (Å²) in [4.78, 5) is 3.95. The van der Waals surface area contributed by atoms with Crippen molar-refractivity contribution >= 4 is 15.7 Å². The van der Waals surface area contributed by atoms with Crippen molar-refractivity contribution < 1.29 is 26.0 Å². The molecule has 0 radical (unpaired) electrons. The third kappa shape index (κ3) is 5.03. The minimum atomic E-state index is -4.46. The molecule has 2 atom stereocenters. The summed E-state index contributed by atoms with van der Waals surface area (Å²) in [6.07, 6.45) is -1.65. The minimum Gasteiger partial charge on any atom is -0.385 e. The first-order valence-electron chi connectivity index (χ1n) is 10.2. The van der Waals surface area contributed by atoms with Crippen LogP contribution in [0.25, 0.3) is 0 Å². The van der Waals surface area contributed by atoms with Gasteiger partial charge in [0.15, 0.2) is 5.03 Å². The van der Waals surface area contributed by atoms with Crippen molar-refractivity contribution in [3.05, 3.63) is 78.0 Å². The van der Waals surface area contributed by atoms with E-state index in [9.17, 15) is 26.0 Å². The van der Waals surface area contributed by atoms with Gasteiger partial charge in [-0.3, -0.25) is 0 Å². The third-order valence-electron chi connectivity index (χ3n) is 5.75. The van der Waals surface area contributed by atoms with Gasteiger partial charge in [0, 0.05) is 44.5 Å². The van der Waals surface area contributed by atoms with Gasteiger partial charge < -0.3 is 9.88 Å². The molecule has 33 heavy (non-hydrogen) atoms.